The summed E-state index contributed by atoms with van der Waals surface area (Å²) in [4.78, 5) is 12.8. The molecule has 0 fully saturated rings. The molecule has 0 saturated heterocycles. The number of methoxy groups -OCH3 is 1. The van der Waals surface area contributed by atoms with Crippen LogP contribution in [0.2, 0.25) is 0 Å². The van der Waals surface area contributed by atoms with Gasteiger partial charge >= 0.3 is 6.18 Å². The lowest BCUT2D eigenvalue weighted by Crippen LogP contribution is -2.29. The number of sulfonamides is 1. The lowest BCUT2D eigenvalue weighted by Gasteiger charge is -2.20. The predicted molar refractivity (Wildman–Crippen MR) is 116 cm³/mol. The van der Waals surface area contributed by atoms with Gasteiger partial charge in [0, 0.05) is 13.6 Å². The highest BCUT2D eigenvalue weighted by molar-refractivity contribution is 7.92. The van der Waals surface area contributed by atoms with Gasteiger partial charge in [-0.2, -0.15) is 13.2 Å². The second kappa shape index (κ2) is 9.21. The van der Waals surface area contributed by atoms with Crippen LogP contribution >= 0.6 is 11.3 Å². The molecule has 32 heavy (non-hydrogen) atoms. The molecular weight excluding hydrogens is 465 g/mol. The Morgan fingerprint density at radius 1 is 1.12 bits per heavy atom. The molecule has 0 unspecified atom stereocenters. The van der Waals surface area contributed by atoms with Crippen LogP contribution in [0.25, 0.3) is 0 Å². The van der Waals surface area contributed by atoms with Crippen molar-refractivity contribution in [2.75, 3.05) is 18.5 Å². The molecule has 1 N–H and O–H groups in total. The minimum absolute atomic E-state index is 0.0160. The lowest BCUT2D eigenvalue weighted by molar-refractivity contribution is -0.137. The summed E-state index contributed by atoms with van der Waals surface area (Å²) in [5, 5.41) is 4.11. The zero-order valence-electron chi connectivity index (χ0n) is 17.0. The lowest BCUT2D eigenvalue weighted by atomic mass is 10.1. The van der Waals surface area contributed by atoms with Gasteiger partial charge < -0.3 is 10.1 Å². The third kappa shape index (κ3) is 5.05. The number of carbonyl (C=O) groups is 1. The average Bonchev–Trinajstić information content (AvgIpc) is 3.26. The number of amides is 1. The van der Waals surface area contributed by atoms with E-state index in [0.29, 0.717) is 5.75 Å². The van der Waals surface area contributed by atoms with Crippen molar-refractivity contribution in [3.05, 3.63) is 76.0 Å². The van der Waals surface area contributed by atoms with Crippen molar-refractivity contribution in [2.45, 2.75) is 17.6 Å². The number of carbonyl (C=O) groups excluding carboxylic acids is 1. The topological polar surface area (TPSA) is 75.7 Å². The third-order valence-corrected chi connectivity index (χ3v) is 7.30. The Labute approximate surface area is 187 Å². The maximum atomic E-state index is 13.0. The van der Waals surface area contributed by atoms with Crippen LogP contribution in [0.4, 0.5) is 18.9 Å². The van der Waals surface area contributed by atoms with Gasteiger partial charge in [0.2, 0.25) is 0 Å². The highest BCUT2D eigenvalue weighted by atomic mass is 32.2. The Morgan fingerprint density at radius 2 is 1.81 bits per heavy atom. The number of hydrogen-bond donors (Lipinski definition) is 1. The van der Waals surface area contributed by atoms with E-state index in [-0.39, 0.29) is 27.6 Å². The van der Waals surface area contributed by atoms with Crippen molar-refractivity contribution < 1.29 is 31.1 Å². The molecule has 1 heterocycles. The summed E-state index contributed by atoms with van der Waals surface area (Å²) in [6.07, 6.45) is -4.49. The number of benzene rings is 2. The van der Waals surface area contributed by atoms with Crippen LogP contribution in [0, 0.1) is 0 Å². The van der Waals surface area contributed by atoms with E-state index < -0.39 is 27.7 Å². The monoisotopic (exact) mass is 484 g/mol. The number of nitrogens with one attached hydrogen (secondary N) is 1. The van der Waals surface area contributed by atoms with E-state index in [1.807, 2.05) is 0 Å². The molecule has 0 aliphatic heterocycles. The van der Waals surface area contributed by atoms with E-state index in [2.05, 4.69) is 5.32 Å². The van der Waals surface area contributed by atoms with Crippen molar-refractivity contribution in [1.82, 2.24) is 5.32 Å². The van der Waals surface area contributed by atoms with Crippen molar-refractivity contribution in [2.24, 2.45) is 0 Å². The van der Waals surface area contributed by atoms with Crippen molar-refractivity contribution in [3.8, 4) is 5.75 Å². The standard InChI is InChI=1S/C21H19F3N2O4S2/c1-26(32(28,29)17-8-6-16(30-2)7-9-17)18-10-11-31-19(18)20(27)25-13-14-4-3-5-15(12-14)21(22,23)24/h3-12H,13H2,1-2H3,(H,25,27). The Bertz CT molecular complexity index is 1210. The molecule has 0 aliphatic rings. The number of nitrogens with zero attached hydrogens (tertiary/aromatic N) is 1. The smallest absolute Gasteiger partial charge is 0.416 e. The Balaban J connectivity index is 1.77. The number of alkyl halides is 3. The number of rotatable bonds is 7. The molecule has 6 nitrogen and oxygen atoms in total. The average molecular weight is 485 g/mol. The molecule has 0 radical (unpaired) electrons. The second-order valence-electron chi connectivity index (χ2n) is 6.66. The molecular formula is C21H19F3N2O4S2. The summed E-state index contributed by atoms with van der Waals surface area (Å²) in [6.45, 7) is -0.144. The maximum absolute atomic E-state index is 13.0. The van der Waals surface area contributed by atoms with Crippen molar-refractivity contribution in [3.63, 3.8) is 0 Å². The number of anilines is 1. The molecule has 2 aromatic carbocycles. The first-order chi connectivity index (χ1) is 15.0. The van der Waals surface area contributed by atoms with E-state index in [0.717, 1.165) is 27.8 Å². The highest BCUT2D eigenvalue weighted by Gasteiger charge is 2.30. The van der Waals surface area contributed by atoms with Crippen LogP contribution in [0.5, 0.6) is 5.75 Å². The summed E-state index contributed by atoms with van der Waals surface area (Å²) >= 11 is 1.03. The normalized spacial score (nSPS) is 11.8. The molecule has 0 spiro atoms. The third-order valence-electron chi connectivity index (χ3n) is 4.62. The zero-order valence-corrected chi connectivity index (χ0v) is 18.6. The van der Waals surface area contributed by atoms with Gasteiger partial charge in [0.1, 0.15) is 10.6 Å². The molecule has 1 aromatic heterocycles. The predicted octanol–water partition coefficient (Wildman–Crippen LogP) is 4.53. The second-order valence-corrected chi connectivity index (χ2v) is 9.55. The summed E-state index contributed by atoms with van der Waals surface area (Å²) < 4.78 is 70.6. The maximum Gasteiger partial charge on any atom is 0.416 e. The first-order valence-electron chi connectivity index (χ1n) is 9.19. The van der Waals surface area contributed by atoms with Crippen LogP contribution in [0.15, 0.2) is 64.9 Å². The quantitative estimate of drug-likeness (QED) is 0.535. The van der Waals surface area contributed by atoms with Crippen LogP contribution in [0.3, 0.4) is 0 Å². The van der Waals surface area contributed by atoms with Crippen molar-refractivity contribution in [1.29, 1.82) is 0 Å². The van der Waals surface area contributed by atoms with Gasteiger partial charge in [0.05, 0.1) is 23.3 Å². The molecule has 3 aromatic rings. The van der Waals surface area contributed by atoms with Crippen molar-refractivity contribution >= 4 is 33.0 Å². The molecule has 170 valence electrons. The fourth-order valence-electron chi connectivity index (χ4n) is 2.88. The Kier molecular flexibility index (Phi) is 6.79. The first kappa shape index (κ1) is 23.6. The van der Waals surface area contributed by atoms with Gasteiger partial charge in [0.15, 0.2) is 0 Å². The first-order valence-corrected chi connectivity index (χ1v) is 11.5. The Morgan fingerprint density at radius 3 is 2.44 bits per heavy atom. The molecule has 3 rings (SSSR count). The van der Waals surface area contributed by atoms with E-state index in [4.69, 9.17) is 4.74 Å². The minimum atomic E-state index is -4.49. The van der Waals surface area contributed by atoms with Crippen LogP contribution in [0.1, 0.15) is 20.8 Å². The molecule has 0 bridgehead atoms. The fraction of sp³-hybridized carbons (Fsp3) is 0.190. The molecule has 11 heteroatoms. The van der Waals surface area contributed by atoms with Gasteiger partial charge in [0.25, 0.3) is 15.9 Å². The summed E-state index contributed by atoms with van der Waals surface area (Å²) in [6, 6.07) is 11.9. The fourth-order valence-corrected chi connectivity index (χ4v) is 4.98. The number of ether oxygens (including phenoxy) is 1. The van der Waals surface area contributed by atoms with Crippen LogP contribution in [-0.4, -0.2) is 28.5 Å². The van der Waals surface area contributed by atoms with Gasteiger partial charge in [-0.25, -0.2) is 8.42 Å². The van der Waals surface area contributed by atoms with Gasteiger partial charge in [-0.3, -0.25) is 9.10 Å². The van der Waals surface area contributed by atoms with E-state index in [1.165, 1.54) is 56.6 Å². The zero-order chi connectivity index (χ0) is 23.5. The Hall–Kier alpha value is -3.05. The van der Waals surface area contributed by atoms with E-state index in [1.54, 1.807) is 5.38 Å². The largest absolute Gasteiger partial charge is 0.497 e. The van der Waals surface area contributed by atoms with Gasteiger partial charge in [-0.15, -0.1) is 11.3 Å². The summed E-state index contributed by atoms with van der Waals surface area (Å²) in [7, 11) is -1.16. The number of hydrogen-bond acceptors (Lipinski definition) is 5. The van der Waals surface area contributed by atoms with Crippen LogP contribution in [-0.2, 0) is 22.7 Å². The molecule has 0 atom stereocenters. The molecule has 0 aliphatic carbocycles. The molecule has 1 amide bonds. The highest BCUT2D eigenvalue weighted by Crippen LogP contribution is 2.31. The number of halogens is 3. The summed E-state index contributed by atoms with van der Waals surface area (Å²) in [5.74, 6) is -0.0963. The SMILES string of the molecule is COc1ccc(S(=O)(=O)N(C)c2ccsc2C(=O)NCc2cccc(C(F)(F)F)c2)cc1. The van der Waals surface area contributed by atoms with Gasteiger partial charge in [-0.05, 0) is 53.4 Å². The summed E-state index contributed by atoms with van der Waals surface area (Å²) in [5.41, 5.74) is -0.385. The van der Waals surface area contributed by atoms with Crippen LogP contribution < -0.4 is 14.4 Å². The van der Waals surface area contributed by atoms with E-state index >= 15 is 0 Å². The molecule has 0 saturated carbocycles. The number of thiophene rings is 1. The van der Waals surface area contributed by atoms with E-state index in [9.17, 15) is 26.4 Å². The van der Waals surface area contributed by atoms with Gasteiger partial charge in [-0.1, -0.05) is 12.1 Å². The minimum Gasteiger partial charge on any atom is -0.497 e.